The molecule has 0 amide bonds. The number of hydrogen-bond acceptors (Lipinski definition) is 4. The number of nitrogens with zero attached hydrogens (tertiary/aromatic N) is 3. The van der Waals surface area contributed by atoms with Crippen LogP contribution in [0.1, 0.15) is 36.1 Å². The molecule has 1 unspecified atom stereocenters. The van der Waals surface area contributed by atoms with Crippen molar-refractivity contribution in [1.29, 1.82) is 0 Å². The summed E-state index contributed by atoms with van der Waals surface area (Å²) in [6.45, 7) is 2.82. The Morgan fingerprint density at radius 2 is 2.20 bits per heavy atom. The van der Waals surface area contributed by atoms with Crippen LogP contribution in [0, 0.1) is 0 Å². The van der Waals surface area contributed by atoms with Gasteiger partial charge in [-0.2, -0.15) is 0 Å². The Labute approximate surface area is 122 Å². The van der Waals surface area contributed by atoms with Gasteiger partial charge in [0.2, 0.25) is 0 Å². The molecule has 3 rings (SSSR count). The normalized spacial score (nSPS) is 21.8. The maximum atomic E-state index is 5.98. The Bertz CT molecular complexity index is 484. The molecule has 1 atom stereocenters. The van der Waals surface area contributed by atoms with E-state index in [0.29, 0.717) is 12.6 Å². The molecule has 0 radical (unpaired) electrons. The highest BCUT2D eigenvalue weighted by Gasteiger charge is 2.28. The molecule has 1 aliphatic carbocycles. The summed E-state index contributed by atoms with van der Waals surface area (Å²) in [4.78, 5) is 9.77. The predicted molar refractivity (Wildman–Crippen MR) is 83.1 cm³/mol. The number of rotatable bonds is 4. The first kappa shape index (κ1) is 13.8. The third kappa shape index (κ3) is 2.54. The molecule has 2 heterocycles. The average molecular weight is 274 g/mol. The van der Waals surface area contributed by atoms with Gasteiger partial charge in [0.05, 0.1) is 0 Å². The third-order valence-electron chi connectivity index (χ3n) is 4.55. The summed E-state index contributed by atoms with van der Waals surface area (Å²) >= 11 is 0. The molecule has 0 bridgehead atoms. The Balaban J connectivity index is 1.92. The quantitative estimate of drug-likeness (QED) is 0.905. The minimum atomic E-state index is 0.585. The van der Waals surface area contributed by atoms with Crippen LogP contribution >= 0.6 is 0 Å². The molecular weight excluding hydrogens is 248 g/mol. The van der Waals surface area contributed by atoms with Gasteiger partial charge in [0.1, 0.15) is 5.82 Å². The van der Waals surface area contributed by atoms with E-state index in [9.17, 15) is 0 Å². The summed E-state index contributed by atoms with van der Waals surface area (Å²) in [6, 6.07) is 2.90. The minimum Gasteiger partial charge on any atom is -0.352 e. The predicted octanol–water partition coefficient (Wildman–Crippen LogP) is 1.56. The third-order valence-corrected chi connectivity index (χ3v) is 4.55. The van der Waals surface area contributed by atoms with Crippen LogP contribution in [0.25, 0.3) is 0 Å². The van der Waals surface area contributed by atoms with Crippen LogP contribution in [0.4, 0.5) is 5.82 Å². The first-order valence-corrected chi connectivity index (χ1v) is 7.82. The van der Waals surface area contributed by atoms with Crippen molar-refractivity contribution in [2.75, 3.05) is 32.1 Å². The van der Waals surface area contributed by atoms with Crippen LogP contribution in [0.3, 0.4) is 0 Å². The van der Waals surface area contributed by atoms with Crippen LogP contribution in [0.2, 0.25) is 0 Å². The summed E-state index contributed by atoms with van der Waals surface area (Å²) in [7, 11) is 4.30. The number of hydrogen-bond donors (Lipinski definition) is 1. The van der Waals surface area contributed by atoms with E-state index in [2.05, 4.69) is 30.0 Å². The van der Waals surface area contributed by atoms with E-state index in [1.54, 1.807) is 0 Å². The molecular formula is C16H26N4. The number of likely N-dealkylation sites (N-methyl/N-ethyl adjacent to an activating group) is 1. The number of aryl methyl sites for hydroxylation is 2. The fourth-order valence-corrected chi connectivity index (χ4v) is 3.63. The Hall–Kier alpha value is -1.13. The zero-order valence-electron chi connectivity index (χ0n) is 12.7. The second-order valence-corrected chi connectivity index (χ2v) is 6.39. The van der Waals surface area contributed by atoms with Gasteiger partial charge in [-0.15, -0.1) is 0 Å². The van der Waals surface area contributed by atoms with E-state index in [0.717, 1.165) is 25.3 Å². The van der Waals surface area contributed by atoms with Crippen molar-refractivity contribution >= 4 is 5.82 Å². The fraction of sp³-hybridized carbons (Fsp3) is 0.688. The summed E-state index contributed by atoms with van der Waals surface area (Å²) < 4.78 is 0. The Morgan fingerprint density at radius 1 is 1.35 bits per heavy atom. The van der Waals surface area contributed by atoms with Gasteiger partial charge in [-0.1, -0.05) is 0 Å². The molecule has 1 aromatic rings. The standard InChI is InChI=1S/C16H26N4/c1-19(2)11-14-6-4-8-20(14)16-13(10-17)9-12-5-3-7-15(12)18-16/h9,14H,3-8,10-11,17H2,1-2H3. The van der Waals surface area contributed by atoms with Crippen molar-refractivity contribution in [3.05, 3.63) is 22.9 Å². The van der Waals surface area contributed by atoms with Crippen molar-refractivity contribution in [2.45, 2.75) is 44.7 Å². The smallest absolute Gasteiger partial charge is 0.133 e. The van der Waals surface area contributed by atoms with Gasteiger partial charge >= 0.3 is 0 Å². The topological polar surface area (TPSA) is 45.4 Å². The lowest BCUT2D eigenvalue weighted by molar-refractivity contribution is 0.371. The molecule has 2 N–H and O–H groups in total. The average Bonchev–Trinajstić information content (AvgIpc) is 3.04. The van der Waals surface area contributed by atoms with E-state index in [-0.39, 0.29) is 0 Å². The van der Waals surface area contributed by atoms with Gasteiger partial charge in [0.15, 0.2) is 0 Å². The number of aromatic nitrogens is 1. The molecule has 1 aliphatic heterocycles. The summed E-state index contributed by atoms with van der Waals surface area (Å²) in [5.41, 5.74) is 9.96. The SMILES string of the molecule is CN(C)CC1CCCN1c1nc2c(cc1CN)CCC2. The van der Waals surface area contributed by atoms with Crippen LogP contribution in [-0.2, 0) is 19.4 Å². The number of pyridine rings is 1. The molecule has 1 aromatic heterocycles. The summed E-state index contributed by atoms with van der Waals surface area (Å²) in [5, 5.41) is 0. The van der Waals surface area contributed by atoms with Gasteiger partial charge < -0.3 is 15.5 Å². The van der Waals surface area contributed by atoms with E-state index in [1.165, 1.54) is 42.5 Å². The lowest BCUT2D eigenvalue weighted by Crippen LogP contribution is -2.38. The highest BCUT2D eigenvalue weighted by Crippen LogP contribution is 2.31. The van der Waals surface area contributed by atoms with Crippen molar-refractivity contribution in [2.24, 2.45) is 5.73 Å². The number of anilines is 1. The fourth-order valence-electron chi connectivity index (χ4n) is 3.63. The molecule has 0 spiro atoms. The monoisotopic (exact) mass is 274 g/mol. The van der Waals surface area contributed by atoms with E-state index < -0.39 is 0 Å². The van der Waals surface area contributed by atoms with Gasteiger partial charge in [-0.05, 0) is 57.8 Å². The zero-order valence-corrected chi connectivity index (χ0v) is 12.7. The maximum absolute atomic E-state index is 5.98. The lowest BCUT2D eigenvalue weighted by atomic mass is 10.1. The summed E-state index contributed by atoms with van der Waals surface area (Å²) in [5.74, 6) is 1.16. The number of nitrogens with two attached hydrogens (primary N) is 1. The molecule has 2 aliphatic rings. The zero-order chi connectivity index (χ0) is 14.1. The lowest BCUT2D eigenvalue weighted by Gasteiger charge is -2.30. The van der Waals surface area contributed by atoms with Crippen molar-refractivity contribution in [1.82, 2.24) is 9.88 Å². The largest absolute Gasteiger partial charge is 0.352 e. The van der Waals surface area contributed by atoms with Gasteiger partial charge in [-0.25, -0.2) is 4.98 Å². The Kier molecular flexibility index (Phi) is 3.94. The first-order chi connectivity index (χ1) is 9.69. The van der Waals surface area contributed by atoms with Crippen molar-refractivity contribution in [3.63, 3.8) is 0 Å². The van der Waals surface area contributed by atoms with Gasteiger partial charge in [0, 0.05) is 36.9 Å². The Morgan fingerprint density at radius 3 is 2.95 bits per heavy atom. The molecule has 0 aromatic carbocycles. The first-order valence-electron chi connectivity index (χ1n) is 7.82. The van der Waals surface area contributed by atoms with Crippen molar-refractivity contribution < 1.29 is 0 Å². The van der Waals surface area contributed by atoms with Crippen LogP contribution in [0.15, 0.2) is 6.07 Å². The highest BCUT2D eigenvalue weighted by molar-refractivity contribution is 5.52. The van der Waals surface area contributed by atoms with Crippen LogP contribution < -0.4 is 10.6 Å². The van der Waals surface area contributed by atoms with Gasteiger partial charge in [-0.3, -0.25) is 0 Å². The maximum Gasteiger partial charge on any atom is 0.133 e. The molecule has 110 valence electrons. The number of fused-ring (bicyclic) bond motifs is 1. The summed E-state index contributed by atoms with van der Waals surface area (Å²) in [6.07, 6.45) is 6.09. The molecule has 4 nitrogen and oxygen atoms in total. The van der Waals surface area contributed by atoms with Crippen molar-refractivity contribution in [3.8, 4) is 0 Å². The van der Waals surface area contributed by atoms with E-state index in [4.69, 9.17) is 10.7 Å². The van der Waals surface area contributed by atoms with Crippen LogP contribution in [-0.4, -0.2) is 43.1 Å². The van der Waals surface area contributed by atoms with E-state index >= 15 is 0 Å². The second kappa shape index (κ2) is 5.70. The molecule has 20 heavy (non-hydrogen) atoms. The molecule has 4 heteroatoms. The molecule has 0 saturated carbocycles. The second-order valence-electron chi connectivity index (χ2n) is 6.39. The molecule has 1 saturated heterocycles. The van der Waals surface area contributed by atoms with Crippen LogP contribution in [0.5, 0.6) is 0 Å². The minimum absolute atomic E-state index is 0.585. The highest BCUT2D eigenvalue weighted by atomic mass is 15.3. The van der Waals surface area contributed by atoms with Gasteiger partial charge in [0.25, 0.3) is 0 Å². The van der Waals surface area contributed by atoms with E-state index in [1.807, 2.05) is 0 Å². The molecule has 1 fully saturated rings.